The van der Waals surface area contributed by atoms with Crippen molar-refractivity contribution >= 4 is 17.3 Å². The van der Waals surface area contributed by atoms with Crippen LogP contribution >= 0.6 is 11.6 Å². The van der Waals surface area contributed by atoms with Crippen LogP contribution in [0.5, 0.6) is 0 Å². The van der Waals surface area contributed by atoms with Gasteiger partial charge in [0.1, 0.15) is 6.33 Å². The minimum Gasteiger partial charge on any atom is -0.381 e. The monoisotopic (exact) mass is 291 g/mol. The van der Waals surface area contributed by atoms with Crippen LogP contribution in [0.1, 0.15) is 32.6 Å². The van der Waals surface area contributed by atoms with Gasteiger partial charge >= 0.3 is 0 Å². The van der Waals surface area contributed by atoms with Gasteiger partial charge in [0.15, 0.2) is 0 Å². The van der Waals surface area contributed by atoms with Crippen LogP contribution in [0, 0.1) is 5.92 Å². The molecule has 1 saturated carbocycles. The van der Waals surface area contributed by atoms with E-state index in [9.17, 15) is 0 Å². The van der Waals surface area contributed by atoms with E-state index in [1.807, 2.05) is 18.2 Å². The fourth-order valence-electron chi connectivity index (χ4n) is 2.83. The summed E-state index contributed by atoms with van der Waals surface area (Å²) in [4.78, 5) is 0. The van der Waals surface area contributed by atoms with Gasteiger partial charge in [-0.15, -0.1) is 5.10 Å². The molecule has 2 atom stereocenters. The van der Waals surface area contributed by atoms with Crippen molar-refractivity contribution in [3.8, 4) is 5.69 Å². The van der Waals surface area contributed by atoms with Gasteiger partial charge < -0.3 is 5.32 Å². The number of halogens is 1. The maximum Gasteiger partial charge on any atom is 0.143 e. The average molecular weight is 292 g/mol. The lowest BCUT2D eigenvalue weighted by atomic mass is 9.87. The molecule has 0 spiro atoms. The number of aromatic nitrogens is 4. The highest BCUT2D eigenvalue weighted by Crippen LogP contribution is 2.30. The molecule has 1 aliphatic carbocycles. The molecule has 0 radical (unpaired) electrons. The minimum atomic E-state index is 0.500. The average Bonchev–Trinajstić information content (AvgIpc) is 2.95. The van der Waals surface area contributed by atoms with E-state index in [0.29, 0.717) is 6.04 Å². The van der Waals surface area contributed by atoms with E-state index in [1.165, 1.54) is 25.7 Å². The van der Waals surface area contributed by atoms with Gasteiger partial charge in [0.05, 0.1) is 16.4 Å². The number of nitrogens with zero attached hydrogens (tertiary/aromatic N) is 4. The molecule has 0 saturated heterocycles. The Morgan fingerprint density at radius 1 is 1.35 bits per heavy atom. The molecule has 0 aliphatic heterocycles. The van der Waals surface area contributed by atoms with Crippen LogP contribution in [-0.4, -0.2) is 26.2 Å². The lowest BCUT2D eigenvalue weighted by Crippen LogP contribution is -2.26. The fourth-order valence-corrected chi connectivity index (χ4v) is 3.00. The Morgan fingerprint density at radius 3 is 3.00 bits per heavy atom. The summed E-state index contributed by atoms with van der Waals surface area (Å²) in [5.41, 5.74) is 1.87. The summed E-state index contributed by atoms with van der Waals surface area (Å²) < 4.78 is 1.63. The van der Waals surface area contributed by atoms with Gasteiger partial charge in [-0.05, 0) is 47.4 Å². The summed E-state index contributed by atoms with van der Waals surface area (Å²) >= 11 is 6.29. The highest BCUT2D eigenvalue weighted by Gasteiger charge is 2.19. The zero-order valence-corrected chi connectivity index (χ0v) is 12.2. The highest BCUT2D eigenvalue weighted by molar-refractivity contribution is 6.33. The molecule has 1 heterocycles. The van der Waals surface area contributed by atoms with Gasteiger partial charge in [-0.25, -0.2) is 4.68 Å². The van der Waals surface area contributed by atoms with Crippen molar-refractivity contribution in [1.82, 2.24) is 20.2 Å². The number of hydrogen-bond acceptors (Lipinski definition) is 4. The second-order valence-electron chi connectivity index (χ2n) is 5.53. The van der Waals surface area contributed by atoms with Crippen LogP contribution in [0.3, 0.4) is 0 Å². The number of benzene rings is 1. The Labute approximate surface area is 123 Å². The molecule has 1 N–H and O–H groups in total. The number of nitrogens with one attached hydrogen (secondary N) is 1. The molecule has 2 unspecified atom stereocenters. The second kappa shape index (κ2) is 5.79. The van der Waals surface area contributed by atoms with Crippen molar-refractivity contribution in [2.45, 2.75) is 38.6 Å². The molecule has 2 aromatic rings. The predicted molar refractivity (Wildman–Crippen MR) is 79.2 cm³/mol. The normalized spacial score (nSPS) is 22.7. The first-order chi connectivity index (χ1) is 9.72. The summed E-state index contributed by atoms with van der Waals surface area (Å²) in [6, 6.07) is 6.29. The highest BCUT2D eigenvalue weighted by atomic mass is 35.5. The van der Waals surface area contributed by atoms with Crippen LogP contribution in [0.25, 0.3) is 5.69 Å². The van der Waals surface area contributed by atoms with Gasteiger partial charge in [-0.1, -0.05) is 31.4 Å². The van der Waals surface area contributed by atoms with Crippen molar-refractivity contribution in [2.75, 3.05) is 5.32 Å². The fraction of sp³-hybridized carbons (Fsp3) is 0.500. The molecule has 6 heteroatoms. The minimum absolute atomic E-state index is 0.500. The summed E-state index contributed by atoms with van der Waals surface area (Å²) in [5.74, 6) is 0.780. The molecule has 1 fully saturated rings. The summed E-state index contributed by atoms with van der Waals surface area (Å²) in [7, 11) is 0. The molecular weight excluding hydrogens is 274 g/mol. The van der Waals surface area contributed by atoms with Crippen molar-refractivity contribution in [1.29, 1.82) is 0 Å². The number of hydrogen-bond donors (Lipinski definition) is 1. The van der Waals surface area contributed by atoms with Gasteiger partial charge in [0, 0.05) is 6.04 Å². The Bertz CT molecular complexity index is 569. The first-order valence-corrected chi connectivity index (χ1v) is 7.39. The third kappa shape index (κ3) is 2.93. The molecule has 1 aliphatic rings. The molecule has 106 valence electrons. The smallest absolute Gasteiger partial charge is 0.143 e. The van der Waals surface area contributed by atoms with Crippen LogP contribution < -0.4 is 5.32 Å². The van der Waals surface area contributed by atoms with Crippen molar-refractivity contribution in [3.05, 3.63) is 29.5 Å². The maximum atomic E-state index is 6.29. The maximum absolute atomic E-state index is 6.29. The molecule has 5 nitrogen and oxygen atoms in total. The first kappa shape index (κ1) is 13.4. The summed E-state index contributed by atoms with van der Waals surface area (Å²) in [5, 5.41) is 15.5. The summed E-state index contributed by atoms with van der Waals surface area (Å²) in [6.45, 7) is 2.31. The molecule has 0 bridgehead atoms. The van der Waals surface area contributed by atoms with Gasteiger partial charge in [0.25, 0.3) is 0 Å². The van der Waals surface area contributed by atoms with E-state index in [0.717, 1.165) is 22.3 Å². The van der Waals surface area contributed by atoms with Crippen molar-refractivity contribution in [3.63, 3.8) is 0 Å². The first-order valence-electron chi connectivity index (χ1n) is 7.02. The predicted octanol–water partition coefficient (Wildman–Crippen LogP) is 3.31. The van der Waals surface area contributed by atoms with Crippen LogP contribution in [0.2, 0.25) is 5.02 Å². The Morgan fingerprint density at radius 2 is 2.25 bits per heavy atom. The van der Waals surface area contributed by atoms with E-state index >= 15 is 0 Å². The Balaban J connectivity index is 1.80. The summed E-state index contributed by atoms with van der Waals surface area (Å²) in [6.07, 6.45) is 6.59. The molecule has 0 amide bonds. The van der Waals surface area contributed by atoms with Gasteiger partial charge in [-0.2, -0.15) is 0 Å². The lowest BCUT2D eigenvalue weighted by Gasteiger charge is -2.28. The SMILES string of the molecule is CC1CCCC(Nc2cc(-n3cnnn3)ccc2Cl)C1. The Kier molecular flexibility index (Phi) is 3.87. The van der Waals surface area contributed by atoms with E-state index in [-0.39, 0.29) is 0 Å². The molecular formula is C14H18ClN5. The third-order valence-electron chi connectivity index (χ3n) is 3.86. The number of tetrazole rings is 1. The quantitative estimate of drug-likeness (QED) is 0.942. The molecule has 20 heavy (non-hydrogen) atoms. The van der Waals surface area contributed by atoms with E-state index in [4.69, 9.17) is 11.6 Å². The molecule has 1 aromatic heterocycles. The van der Waals surface area contributed by atoms with Gasteiger partial charge in [0.2, 0.25) is 0 Å². The van der Waals surface area contributed by atoms with E-state index in [2.05, 4.69) is 27.8 Å². The zero-order chi connectivity index (χ0) is 13.9. The van der Waals surface area contributed by atoms with Crippen molar-refractivity contribution < 1.29 is 0 Å². The van der Waals surface area contributed by atoms with Crippen molar-refractivity contribution in [2.24, 2.45) is 5.92 Å². The number of anilines is 1. The topological polar surface area (TPSA) is 55.6 Å². The molecule has 1 aromatic carbocycles. The second-order valence-corrected chi connectivity index (χ2v) is 5.94. The third-order valence-corrected chi connectivity index (χ3v) is 4.19. The zero-order valence-electron chi connectivity index (χ0n) is 11.5. The van der Waals surface area contributed by atoms with Crippen LogP contribution in [0.4, 0.5) is 5.69 Å². The van der Waals surface area contributed by atoms with Gasteiger partial charge in [-0.3, -0.25) is 0 Å². The van der Waals surface area contributed by atoms with Crippen LogP contribution in [-0.2, 0) is 0 Å². The lowest BCUT2D eigenvalue weighted by molar-refractivity contribution is 0.358. The largest absolute Gasteiger partial charge is 0.381 e. The molecule has 3 rings (SSSR count). The van der Waals surface area contributed by atoms with Crippen LogP contribution in [0.15, 0.2) is 24.5 Å². The standard InChI is InChI=1S/C14H18ClN5/c1-10-3-2-4-11(7-10)17-14-8-12(5-6-13(14)15)20-9-16-18-19-20/h5-6,8-11,17H,2-4,7H2,1H3. The number of rotatable bonds is 3. The van der Waals surface area contributed by atoms with E-state index < -0.39 is 0 Å². The Hall–Kier alpha value is -1.62. The van der Waals surface area contributed by atoms with E-state index in [1.54, 1.807) is 11.0 Å².